The quantitative estimate of drug-likeness (QED) is 0.785. The van der Waals surface area contributed by atoms with Crippen molar-refractivity contribution in [3.05, 3.63) is 57.1 Å². The molecule has 0 bridgehead atoms. The molecule has 1 atom stereocenters. The molecule has 4 heteroatoms. The number of hydrogen-bond donors (Lipinski definition) is 2. The number of benzene rings is 2. The Bertz CT molecular complexity index is 641. The summed E-state index contributed by atoms with van der Waals surface area (Å²) in [6, 6.07) is 9.41. The second kappa shape index (κ2) is 5.94. The molecule has 20 heavy (non-hydrogen) atoms. The number of halogens is 2. The van der Waals surface area contributed by atoms with Gasteiger partial charge in [-0.25, -0.2) is 0 Å². The van der Waals surface area contributed by atoms with E-state index in [0.717, 1.165) is 22.4 Å². The molecule has 0 saturated carbocycles. The van der Waals surface area contributed by atoms with Gasteiger partial charge in [0.25, 0.3) is 0 Å². The molecule has 2 aromatic carbocycles. The zero-order valence-electron chi connectivity index (χ0n) is 11.7. The van der Waals surface area contributed by atoms with Crippen LogP contribution in [-0.4, -0.2) is 5.11 Å². The summed E-state index contributed by atoms with van der Waals surface area (Å²) in [4.78, 5) is 0. The molecule has 0 aromatic heterocycles. The molecular formula is C16H17Cl2NO. The zero-order valence-corrected chi connectivity index (χ0v) is 13.2. The molecule has 2 aromatic rings. The van der Waals surface area contributed by atoms with Gasteiger partial charge in [0.15, 0.2) is 0 Å². The summed E-state index contributed by atoms with van der Waals surface area (Å²) in [6.07, 6.45) is 0. The van der Waals surface area contributed by atoms with Crippen molar-refractivity contribution in [2.24, 2.45) is 0 Å². The summed E-state index contributed by atoms with van der Waals surface area (Å²) in [5, 5.41) is 14.4. The van der Waals surface area contributed by atoms with Crippen LogP contribution in [0.1, 0.15) is 29.7 Å². The monoisotopic (exact) mass is 309 g/mol. The lowest BCUT2D eigenvalue weighted by Crippen LogP contribution is -2.08. The average molecular weight is 310 g/mol. The molecular weight excluding hydrogens is 293 g/mol. The summed E-state index contributed by atoms with van der Waals surface area (Å²) in [7, 11) is 0. The van der Waals surface area contributed by atoms with E-state index in [2.05, 4.69) is 5.32 Å². The molecule has 0 heterocycles. The highest BCUT2D eigenvalue weighted by molar-refractivity contribution is 6.42. The van der Waals surface area contributed by atoms with Crippen LogP contribution in [0.5, 0.6) is 5.75 Å². The second-order valence-electron chi connectivity index (χ2n) is 4.91. The van der Waals surface area contributed by atoms with Crippen molar-refractivity contribution in [2.45, 2.75) is 26.8 Å². The van der Waals surface area contributed by atoms with Crippen molar-refractivity contribution >= 4 is 28.9 Å². The lowest BCUT2D eigenvalue weighted by atomic mass is 10.1. The molecule has 0 amide bonds. The first-order chi connectivity index (χ1) is 9.41. The van der Waals surface area contributed by atoms with Gasteiger partial charge in [0.05, 0.1) is 16.1 Å². The van der Waals surface area contributed by atoms with E-state index in [-0.39, 0.29) is 6.04 Å². The first kappa shape index (κ1) is 15.0. The van der Waals surface area contributed by atoms with E-state index < -0.39 is 0 Å². The minimum Gasteiger partial charge on any atom is -0.507 e. The molecule has 2 nitrogen and oxygen atoms in total. The lowest BCUT2D eigenvalue weighted by molar-refractivity contribution is 0.467. The third-order valence-electron chi connectivity index (χ3n) is 3.45. The number of nitrogens with one attached hydrogen (secondary N) is 1. The maximum absolute atomic E-state index is 9.98. The van der Waals surface area contributed by atoms with E-state index in [0.29, 0.717) is 15.8 Å². The summed E-state index contributed by atoms with van der Waals surface area (Å²) in [6.45, 7) is 5.77. The Labute approximate surface area is 129 Å². The van der Waals surface area contributed by atoms with E-state index in [1.807, 2.05) is 45.0 Å². The molecule has 0 radical (unpaired) electrons. The van der Waals surface area contributed by atoms with Crippen molar-refractivity contribution in [2.75, 3.05) is 5.32 Å². The second-order valence-corrected chi connectivity index (χ2v) is 5.70. The van der Waals surface area contributed by atoms with Gasteiger partial charge in [0.1, 0.15) is 5.75 Å². The minimum atomic E-state index is -0.0120. The Morgan fingerprint density at radius 2 is 1.80 bits per heavy atom. The van der Waals surface area contributed by atoms with Gasteiger partial charge < -0.3 is 10.4 Å². The summed E-state index contributed by atoms with van der Waals surface area (Å²) in [5.41, 5.74) is 3.51. The van der Waals surface area contributed by atoms with E-state index in [4.69, 9.17) is 23.2 Å². The van der Waals surface area contributed by atoms with Crippen molar-refractivity contribution in [3.8, 4) is 5.75 Å². The minimum absolute atomic E-state index is 0.0120. The van der Waals surface area contributed by atoms with Gasteiger partial charge in [-0.1, -0.05) is 41.4 Å². The average Bonchev–Trinajstić information content (AvgIpc) is 2.42. The van der Waals surface area contributed by atoms with Crippen LogP contribution in [-0.2, 0) is 0 Å². The summed E-state index contributed by atoms with van der Waals surface area (Å²) < 4.78 is 0. The van der Waals surface area contributed by atoms with Crippen LogP contribution in [0.3, 0.4) is 0 Å². The van der Waals surface area contributed by atoms with Crippen LogP contribution >= 0.6 is 23.2 Å². The first-order valence-electron chi connectivity index (χ1n) is 6.41. The Kier molecular flexibility index (Phi) is 4.46. The maximum Gasteiger partial charge on any atom is 0.123 e. The molecule has 0 aliphatic carbocycles. The van der Waals surface area contributed by atoms with Crippen LogP contribution in [0.25, 0.3) is 0 Å². The fraction of sp³-hybridized carbons (Fsp3) is 0.250. The number of aryl methyl sites for hydroxylation is 1. The highest BCUT2D eigenvalue weighted by Gasteiger charge is 2.14. The van der Waals surface area contributed by atoms with Crippen LogP contribution in [0.15, 0.2) is 30.3 Å². The largest absolute Gasteiger partial charge is 0.507 e. The number of aromatic hydroxyl groups is 1. The van der Waals surface area contributed by atoms with E-state index in [9.17, 15) is 5.11 Å². The zero-order chi connectivity index (χ0) is 14.9. The van der Waals surface area contributed by atoms with Gasteiger partial charge in [0.2, 0.25) is 0 Å². The van der Waals surface area contributed by atoms with Crippen LogP contribution in [0.4, 0.5) is 5.69 Å². The van der Waals surface area contributed by atoms with Crippen molar-refractivity contribution in [3.63, 3.8) is 0 Å². The SMILES string of the molecule is Cc1ccc(NC(C)c2cccc(Cl)c2Cl)c(C)c1O. The molecule has 0 saturated heterocycles. The first-order valence-corrected chi connectivity index (χ1v) is 7.17. The normalized spacial score (nSPS) is 12.2. The molecule has 0 fully saturated rings. The van der Waals surface area contributed by atoms with Crippen molar-refractivity contribution < 1.29 is 5.11 Å². The van der Waals surface area contributed by atoms with E-state index >= 15 is 0 Å². The van der Waals surface area contributed by atoms with Crippen LogP contribution in [0.2, 0.25) is 10.0 Å². The van der Waals surface area contributed by atoms with Crippen LogP contribution in [0, 0.1) is 13.8 Å². The third-order valence-corrected chi connectivity index (χ3v) is 4.29. The van der Waals surface area contributed by atoms with Gasteiger partial charge in [-0.2, -0.15) is 0 Å². The number of phenols is 1. The van der Waals surface area contributed by atoms with Crippen molar-refractivity contribution in [1.29, 1.82) is 0 Å². The topological polar surface area (TPSA) is 32.3 Å². The highest BCUT2D eigenvalue weighted by Crippen LogP contribution is 2.34. The molecule has 0 spiro atoms. The van der Waals surface area contributed by atoms with Gasteiger partial charge >= 0.3 is 0 Å². The Balaban J connectivity index is 2.30. The number of anilines is 1. The van der Waals surface area contributed by atoms with E-state index in [1.54, 1.807) is 6.07 Å². The maximum atomic E-state index is 9.98. The Morgan fingerprint density at radius 1 is 1.10 bits per heavy atom. The fourth-order valence-corrected chi connectivity index (χ4v) is 2.63. The molecule has 106 valence electrons. The smallest absolute Gasteiger partial charge is 0.123 e. The highest BCUT2D eigenvalue weighted by atomic mass is 35.5. The Hall–Kier alpha value is -1.38. The molecule has 0 aliphatic rings. The standard InChI is InChI=1S/C16H17Cl2NO/c1-9-7-8-14(10(2)16(9)20)19-11(3)12-5-4-6-13(17)15(12)18/h4-8,11,19-20H,1-3H3. The predicted molar refractivity (Wildman–Crippen MR) is 86.1 cm³/mol. The summed E-state index contributed by atoms with van der Waals surface area (Å²) >= 11 is 12.3. The summed E-state index contributed by atoms with van der Waals surface area (Å²) in [5.74, 6) is 0.319. The Morgan fingerprint density at radius 3 is 2.50 bits per heavy atom. The fourth-order valence-electron chi connectivity index (χ4n) is 2.16. The molecule has 1 unspecified atom stereocenters. The molecule has 2 rings (SSSR count). The third kappa shape index (κ3) is 2.87. The lowest BCUT2D eigenvalue weighted by Gasteiger charge is -2.20. The van der Waals surface area contributed by atoms with E-state index in [1.165, 1.54) is 0 Å². The molecule has 0 aliphatic heterocycles. The number of phenolic OH excluding ortho intramolecular Hbond substituents is 1. The van der Waals surface area contributed by atoms with Gasteiger partial charge in [-0.15, -0.1) is 0 Å². The van der Waals surface area contributed by atoms with Crippen molar-refractivity contribution in [1.82, 2.24) is 0 Å². The number of hydrogen-bond acceptors (Lipinski definition) is 2. The van der Waals surface area contributed by atoms with Gasteiger partial charge in [0, 0.05) is 11.3 Å². The molecule has 2 N–H and O–H groups in total. The van der Waals surface area contributed by atoms with Gasteiger partial charge in [-0.3, -0.25) is 0 Å². The number of rotatable bonds is 3. The predicted octanol–water partition coefficient (Wildman–Crippen LogP) is 5.49. The van der Waals surface area contributed by atoms with Gasteiger partial charge in [-0.05, 0) is 44.0 Å². The van der Waals surface area contributed by atoms with Crippen LogP contribution < -0.4 is 5.32 Å².